The van der Waals surface area contributed by atoms with Crippen molar-refractivity contribution in [3.8, 4) is 5.69 Å². The Morgan fingerprint density at radius 1 is 1.35 bits per heavy atom. The van der Waals surface area contributed by atoms with Crippen LogP contribution >= 0.6 is 0 Å². The van der Waals surface area contributed by atoms with Crippen molar-refractivity contribution in [2.24, 2.45) is 5.92 Å². The number of sulfone groups is 1. The molecule has 1 aromatic heterocycles. The summed E-state index contributed by atoms with van der Waals surface area (Å²) in [5.74, 6) is -0.318. The molecular formula is C15H20N4O3S. The first kappa shape index (κ1) is 17.2. The van der Waals surface area contributed by atoms with E-state index in [4.69, 9.17) is 0 Å². The minimum Gasteiger partial charge on any atom is -0.323 e. The van der Waals surface area contributed by atoms with Crippen LogP contribution in [0, 0.1) is 5.92 Å². The van der Waals surface area contributed by atoms with Gasteiger partial charge in [-0.25, -0.2) is 13.1 Å². The van der Waals surface area contributed by atoms with E-state index in [0.717, 1.165) is 6.26 Å². The summed E-state index contributed by atoms with van der Waals surface area (Å²) in [5.41, 5.74) is 0.958. The summed E-state index contributed by atoms with van der Waals surface area (Å²) in [4.78, 5) is 12.2. The van der Waals surface area contributed by atoms with Gasteiger partial charge in [-0.2, -0.15) is 5.10 Å². The van der Waals surface area contributed by atoms with E-state index in [-0.39, 0.29) is 16.7 Å². The van der Waals surface area contributed by atoms with E-state index in [9.17, 15) is 13.2 Å². The van der Waals surface area contributed by atoms with Gasteiger partial charge in [-0.1, -0.05) is 19.1 Å². The van der Waals surface area contributed by atoms with Crippen LogP contribution in [0.2, 0.25) is 0 Å². The van der Waals surface area contributed by atoms with Crippen LogP contribution in [-0.4, -0.2) is 44.0 Å². The summed E-state index contributed by atoms with van der Waals surface area (Å²) in [6.07, 6.45) is 4.23. The molecule has 0 saturated carbocycles. The van der Waals surface area contributed by atoms with Gasteiger partial charge < -0.3 is 10.6 Å². The highest BCUT2D eigenvalue weighted by Crippen LogP contribution is 2.20. The van der Waals surface area contributed by atoms with Crippen molar-refractivity contribution in [3.63, 3.8) is 0 Å². The van der Waals surface area contributed by atoms with Crippen LogP contribution in [0.15, 0.2) is 41.6 Å². The maximum Gasteiger partial charge on any atom is 0.228 e. The van der Waals surface area contributed by atoms with E-state index < -0.39 is 9.84 Å². The molecule has 0 aliphatic rings. The molecule has 2 aromatic rings. The van der Waals surface area contributed by atoms with E-state index in [1.165, 1.54) is 16.9 Å². The minimum absolute atomic E-state index is 0.129. The number of benzene rings is 1. The highest BCUT2D eigenvalue weighted by atomic mass is 32.2. The number of aromatic nitrogens is 2. The van der Waals surface area contributed by atoms with Crippen LogP contribution < -0.4 is 10.6 Å². The van der Waals surface area contributed by atoms with Crippen molar-refractivity contribution in [3.05, 3.63) is 36.7 Å². The van der Waals surface area contributed by atoms with Gasteiger partial charge in [0.15, 0.2) is 9.84 Å². The fourth-order valence-electron chi connectivity index (χ4n) is 2.14. The van der Waals surface area contributed by atoms with Crippen molar-refractivity contribution >= 4 is 21.4 Å². The topological polar surface area (TPSA) is 93.1 Å². The predicted molar refractivity (Wildman–Crippen MR) is 88.4 cm³/mol. The summed E-state index contributed by atoms with van der Waals surface area (Å²) < 4.78 is 25.1. The molecule has 2 N–H and O–H groups in total. The fourth-order valence-corrected chi connectivity index (χ4v) is 3.01. The fraction of sp³-hybridized carbons (Fsp3) is 0.333. The van der Waals surface area contributed by atoms with E-state index in [2.05, 4.69) is 15.7 Å². The van der Waals surface area contributed by atoms with Crippen molar-refractivity contribution < 1.29 is 13.2 Å². The summed E-state index contributed by atoms with van der Waals surface area (Å²) in [7, 11) is -1.59. The van der Waals surface area contributed by atoms with Gasteiger partial charge in [-0.15, -0.1) is 0 Å². The SMILES string of the molecule is CNCC(C)C(=O)Nc1cnn(-c2ccccc2S(C)(=O)=O)c1. The zero-order chi connectivity index (χ0) is 17.0. The van der Waals surface area contributed by atoms with Crippen LogP contribution in [0.5, 0.6) is 0 Å². The highest BCUT2D eigenvalue weighted by Gasteiger charge is 2.16. The molecule has 1 heterocycles. The van der Waals surface area contributed by atoms with Gasteiger partial charge >= 0.3 is 0 Å². The molecule has 0 radical (unpaired) electrons. The molecule has 2 rings (SSSR count). The third kappa shape index (κ3) is 4.17. The second-order valence-corrected chi connectivity index (χ2v) is 7.35. The smallest absolute Gasteiger partial charge is 0.228 e. The third-order valence-corrected chi connectivity index (χ3v) is 4.46. The molecule has 0 aliphatic heterocycles. The third-order valence-electron chi connectivity index (χ3n) is 3.32. The monoisotopic (exact) mass is 336 g/mol. The molecule has 1 aromatic carbocycles. The van der Waals surface area contributed by atoms with Gasteiger partial charge in [-0.05, 0) is 19.2 Å². The largest absolute Gasteiger partial charge is 0.323 e. The number of nitrogens with one attached hydrogen (secondary N) is 2. The Kier molecular flexibility index (Phi) is 5.17. The Hall–Kier alpha value is -2.19. The quantitative estimate of drug-likeness (QED) is 0.823. The normalized spacial score (nSPS) is 12.8. The minimum atomic E-state index is -3.37. The van der Waals surface area contributed by atoms with E-state index in [1.54, 1.807) is 31.4 Å². The lowest BCUT2D eigenvalue weighted by Gasteiger charge is -2.10. The first-order valence-corrected chi connectivity index (χ1v) is 9.01. The molecule has 1 amide bonds. The number of anilines is 1. The Morgan fingerprint density at radius 2 is 2.04 bits per heavy atom. The summed E-state index contributed by atoms with van der Waals surface area (Å²) >= 11 is 0. The van der Waals surface area contributed by atoms with Crippen LogP contribution in [0.1, 0.15) is 6.92 Å². The maximum atomic E-state index is 12.0. The molecule has 1 unspecified atom stereocenters. The van der Waals surface area contributed by atoms with Crippen LogP contribution in [0.25, 0.3) is 5.69 Å². The molecule has 7 nitrogen and oxygen atoms in total. The van der Waals surface area contributed by atoms with Crippen LogP contribution in [0.3, 0.4) is 0 Å². The number of rotatable bonds is 6. The first-order chi connectivity index (χ1) is 10.8. The second kappa shape index (κ2) is 6.93. The Balaban J connectivity index is 2.26. The molecule has 124 valence electrons. The first-order valence-electron chi connectivity index (χ1n) is 7.12. The van der Waals surface area contributed by atoms with Crippen molar-refractivity contribution in [1.29, 1.82) is 0 Å². The van der Waals surface area contributed by atoms with Gasteiger partial charge in [0.25, 0.3) is 0 Å². The zero-order valence-electron chi connectivity index (χ0n) is 13.3. The Morgan fingerprint density at radius 3 is 2.70 bits per heavy atom. The van der Waals surface area contributed by atoms with Gasteiger partial charge in [0.05, 0.1) is 28.7 Å². The van der Waals surface area contributed by atoms with E-state index in [1.807, 2.05) is 6.92 Å². The molecule has 8 heteroatoms. The average Bonchev–Trinajstić information content (AvgIpc) is 2.95. The van der Waals surface area contributed by atoms with E-state index >= 15 is 0 Å². The number of nitrogens with zero attached hydrogens (tertiary/aromatic N) is 2. The van der Waals surface area contributed by atoms with Gasteiger partial charge in [-0.3, -0.25) is 4.79 Å². The number of carbonyl (C=O) groups is 1. The number of hydrogen-bond acceptors (Lipinski definition) is 5. The lowest BCUT2D eigenvalue weighted by molar-refractivity contribution is -0.119. The lowest BCUT2D eigenvalue weighted by Crippen LogP contribution is -2.28. The van der Waals surface area contributed by atoms with Crippen molar-refractivity contribution in [2.75, 3.05) is 25.2 Å². The highest BCUT2D eigenvalue weighted by molar-refractivity contribution is 7.90. The summed E-state index contributed by atoms with van der Waals surface area (Å²) in [5, 5.41) is 9.84. The molecule has 0 bridgehead atoms. The van der Waals surface area contributed by atoms with Crippen molar-refractivity contribution in [1.82, 2.24) is 15.1 Å². The van der Waals surface area contributed by atoms with Gasteiger partial charge in [0.2, 0.25) is 5.91 Å². The maximum absolute atomic E-state index is 12.0. The summed E-state index contributed by atoms with van der Waals surface area (Å²) in [6, 6.07) is 6.59. The molecule has 0 spiro atoms. The number of para-hydroxylation sites is 1. The number of carbonyl (C=O) groups excluding carboxylic acids is 1. The zero-order valence-corrected chi connectivity index (χ0v) is 14.1. The lowest BCUT2D eigenvalue weighted by atomic mass is 10.1. The molecule has 1 atom stereocenters. The second-order valence-electron chi connectivity index (χ2n) is 5.36. The average molecular weight is 336 g/mol. The predicted octanol–water partition coefficient (Wildman–Crippen LogP) is 1.07. The molecular weight excluding hydrogens is 316 g/mol. The molecule has 0 fully saturated rings. The number of amides is 1. The Labute approximate surface area is 135 Å². The molecule has 23 heavy (non-hydrogen) atoms. The van der Waals surface area contributed by atoms with Gasteiger partial charge in [0.1, 0.15) is 0 Å². The van der Waals surface area contributed by atoms with Crippen molar-refractivity contribution in [2.45, 2.75) is 11.8 Å². The molecule has 0 aliphatic carbocycles. The Bertz CT molecular complexity index is 799. The number of hydrogen-bond donors (Lipinski definition) is 2. The van der Waals surface area contributed by atoms with Gasteiger partial charge in [0, 0.05) is 18.7 Å². The molecule has 0 saturated heterocycles. The van der Waals surface area contributed by atoms with Crippen LogP contribution in [-0.2, 0) is 14.6 Å². The standard InChI is InChI=1S/C15H20N4O3S/c1-11(8-16-2)15(20)18-12-9-17-19(10-12)13-6-4-5-7-14(13)23(3,21)22/h4-7,9-11,16H,8H2,1-3H3,(H,18,20). The summed E-state index contributed by atoms with van der Waals surface area (Å²) in [6.45, 7) is 2.38. The van der Waals surface area contributed by atoms with Crippen LogP contribution in [0.4, 0.5) is 5.69 Å². The van der Waals surface area contributed by atoms with E-state index in [0.29, 0.717) is 17.9 Å².